The normalized spacial score (nSPS) is 25.8. The zero-order valence-corrected chi connectivity index (χ0v) is 7.37. The first-order valence-corrected chi connectivity index (χ1v) is 4.41. The number of carbonyl (C=O) groups is 1. The van der Waals surface area contributed by atoms with Crippen LogP contribution in [0.5, 0.6) is 0 Å². The van der Waals surface area contributed by atoms with Crippen LogP contribution in [0.1, 0.15) is 20.8 Å². The second kappa shape index (κ2) is 2.79. The van der Waals surface area contributed by atoms with E-state index in [0.717, 1.165) is 0 Å². The van der Waals surface area contributed by atoms with E-state index < -0.39 is 0 Å². The average molecular weight is 156 g/mol. The molecule has 0 bridgehead atoms. The zero-order valence-electron chi connectivity index (χ0n) is 6.55. The molecule has 0 saturated heterocycles. The van der Waals surface area contributed by atoms with E-state index in [0.29, 0.717) is 5.92 Å². The summed E-state index contributed by atoms with van der Waals surface area (Å²) in [7, 11) is 0. The Morgan fingerprint density at radius 2 is 2.20 bits per heavy atom. The van der Waals surface area contributed by atoms with Gasteiger partial charge in [0, 0.05) is 0 Å². The van der Waals surface area contributed by atoms with E-state index in [1.54, 1.807) is 17.8 Å². The second-order valence-electron chi connectivity index (χ2n) is 2.86. The Kier molecular flexibility index (Phi) is 2.19. The number of hydrogen-bond donors (Lipinski definition) is 0. The number of thioether (sulfide) groups is 1. The van der Waals surface area contributed by atoms with Crippen LogP contribution in [0.15, 0.2) is 11.0 Å². The monoisotopic (exact) mass is 156 g/mol. The minimum atomic E-state index is 0.164. The SMILES string of the molecule is CC(C)C1=CC(=O)C(C)S1. The molecular weight excluding hydrogens is 144 g/mol. The minimum absolute atomic E-state index is 0.164. The molecule has 0 amide bonds. The molecule has 1 aliphatic rings. The molecule has 0 aromatic carbocycles. The van der Waals surface area contributed by atoms with Crippen molar-refractivity contribution in [3.63, 3.8) is 0 Å². The van der Waals surface area contributed by atoms with Crippen LogP contribution < -0.4 is 0 Å². The van der Waals surface area contributed by atoms with Crippen LogP contribution in [0.4, 0.5) is 0 Å². The van der Waals surface area contributed by atoms with Crippen molar-refractivity contribution in [3.05, 3.63) is 11.0 Å². The first-order valence-electron chi connectivity index (χ1n) is 3.53. The molecular formula is C8H12OS. The Bertz CT molecular complexity index is 182. The fraction of sp³-hybridized carbons (Fsp3) is 0.625. The highest BCUT2D eigenvalue weighted by Crippen LogP contribution is 2.34. The quantitative estimate of drug-likeness (QED) is 0.579. The van der Waals surface area contributed by atoms with Gasteiger partial charge in [-0.2, -0.15) is 0 Å². The molecule has 0 aromatic rings. The molecule has 0 aliphatic carbocycles. The lowest BCUT2D eigenvalue weighted by Crippen LogP contribution is -2.02. The number of allylic oxidation sites excluding steroid dienone is 2. The van der Waals surface area contributed by atoms with Gasteiger partial charge in [0.1, 0.15) is 0 Å². The van der Waals surface area contributed by atoms with E-state index in [4.69, 9.17) is 0 Å². The zero-order chi connectivity index (χ0) is 7.72. The molecule has 1 nitrogen and oxygen atoms in total. The van der Waals surface area contributed by atoms with E-state index in [2.05, 4.69) is 13.8 Å². The Balaban J connectivity index is 2.67. The summed E-state index contributed by atoms with van der Waals surface area (Å²) in [4.78, 5) is 12.2. The summed E-state index contributed by atoms with van der Waals surface area (Å²) in [5.41, 5.74) is 0. The third-order valence-corrected chi connectivity index (χ3v) is 3.01. The van der Waals surface area contributed by atoms with Gasteiger partial charge in [-0.05, 0) is 23.8 Å². The Hall–Kier alpha value is -0.240. The topological polar surface area (TPSA) is 17.1 Å². The van der Waals surface area contributed by atoms with Crippen LogP contribution >= 0.6 is 11.8 Å². The summed E-state index contributed by atoms with van der Waals surface area (Å²) >= 11 is 1.69. The van der Waals surface area contributed by atoms with Crippen molar-refractivity contribution in [2.24, 2.45) is 5.92 Å². The predicted octanol–water partition coefficient (Wildman–Crippen LogP) is 2.23. The highest BCUT2D eigenvalue weighted by molar-refractivity contribution is 8.04. The van der Waals surface area contributed by atoms with Crippen molar-refractivity contribution in [2.75, 3.05) is 0 Å². The first-order chi connectivity index (χ1) is 4.61. The van der Waals surface area contributed by atoms with Gasteiger partial charge in [0.15, 0.2) is 5.78 Å². The lowest BCUT2D eigenvalue weighted by Gasteiger charge is -2.04. The van der Waals surface area contributed by atoms with Crippen molar-refractivity contribution >= 4 is 17.5 Å². The summed E-state index contributed by atoms with van der Waals surface area (Å²) < 4.78 is 0. The summed E-state index contributed by atoms with van der Waals surface area (Å²) in [5, 5.41) is 0.164. The largest absolute Gasteiger partial charge is 0.294 e. The van der Waals surface area contributed by atoms with Crippen molar-refractivity contribution in [3.8, 4) is 0 Å². The summed E-state index contributed by atoms with van der Waals surface area (Å²) in [6.07, 6.45) is 1.78. The average Bonchev–Trinajstić information content (AvgIpc) is 2.13. The Morgan fingerprint density at radius 1 is 1.60 bits per heavy atom. The van der Waals surface area contributed by atoms with Crippen molar-refractivity contribution in [1.82, 2.24) is 0 Å². The molecule has 0 N–H and O–H groups in total. The van der Waals surface area contributed by atoms with Crippen LogP contribution in [-0.4, -0.2) is 11.0 Å². The van der Waals surface area contributed by atoms with Crippen LogP contribution in [0.3, 0.4) is 0 Å². The van der Waals surface area contributed by atoms with Gasteiger partial charge in [0.25, 0.3) is 0 Å². The molecule has 0 fully saturated rings. The van der Waals surface area contributed by atoms with E-state index in [-0.39, 0.29) is 11.0 Å². The summed E-state index contributed by atoms with van der Waals surface area (Å²) in [6, 6.07) is 0. The van der Waals surface area contributed by atoms with Gasteiger partial charge in [0.05, 0.1) is 5.25 Å². The number of hydrogen-bond acceptors (Lipinski definition) is 2. The highest BCUT2D eigenvalue weighted by Gasteiger charge is 2.22. The standard InChI is InChI=1S/C8H12OS/c1-5(2)8-4-7(9)6(3)10-8/h4-6H,1-3H3. The smallest absolute Gasteiger partial charge is 0.169 e. The van der Waals surface area contributed by atoms with Gasteiger partial charge in [-0.15, -0.1) is 11.8 Å². The van der Waals surface area contributed by atoms with Gasteiger partial charge in [-0.25, -0.2) is 0 Å². The third kappa shape index (κ3) is 1.43. The maximum Gasteiger partial charge on any atom is 0.169 e. The van der Waals surface area contributed by atoms with Crippen LogP contribution in [0.2, 0.25) is 0 Å². The summed E-state index contributed by atoms with van der Waals surface area (Å²) in [5.74, 6) is 0.785. The Labute approximate surface area is 65.9 Å². The molecule has 1 atom stereocenters. The molecule has 0 aromatic heterocycles. The first kappa shape index (κ1) is 7.86. The van der Waals surface area contributed by atoms with Crippen LogP contribution in [-0.2, 0) is 4.79 Å². The maximum atomic E-state index is 11.0. The van der Waals surface area contributed by atoms with Gasteiger partial charge < -0.3 is 0 Å². The second-order valence-corrected chi connectivity index (χ2v) is 4.28. The van der Waals surface area contributed by atoms with Gasteiger partial charge in [0.2, 0.25) is 0 Å². The maximum absolute atomic E-state index is 11.0. The van der Waals surface area contributed by atoms with Crippen molar-refractivity contribution in [1.29, 1.82) is 0 Å². The van der Waals surface area contributed by atoms with Gasteiger partial charge >= 0.3 is 0 Å². The molecule has 0 spiro atoms. The number of ketones is 1. The molecule has 0 radical (unpaired) electrons. The van der Waals surface area contributed by atoms with Crippen molar-refractivity contribution < 1.29 is 4.79 Å². The summed E-state index contributed by atoms with van der Waals surface area (Å²) in [6.45, 7) is 6.19. The van der Waals surface area contributed by atoms with E-state index in [1.165, 1.54) is 4.91 Å². The fourth-order valence-corrected chi connectivity index (χ4v) is 1.91. The number of carbonyl (C=O) groups excluding carboxylic acids is 1. The predicted molar refractivity (Wildman–Crippen MR) is 45.0 cm³/mol. The molecule has 1 unspecified atom stereocenters. The fourth-order valence-electron chi connectivity index (χ4n) is 0.857. The third-order valence-electron chi connectivity index (χ3n) is 1.57. The molecule has 1 rings (SSSR count). The van der Waals surface area contributed by atoms with Crippen LogP contribution in [0, 0.1) is 5.92 Å². The van der Waals surface area contributed by atoms with E-state index >= 15 is 0 Å². The lowest BCUT2D eigenvalue weighted by atomic mass is 10.2. The van der Waals surface area contributed by atoms with E-state index in [9.17, 15) is 4.79 Å². The van der Waals surface area contributed by atoms with Crippen molar-refractivity contribution in [2.45, 2.75) is 26.0 Å². The molecule has 0 saturated carbocycles. The molecule has 2 heteroatoms. The minimum Gasteiger partial charge on any atom is -0.294 e. The molecule has 10 heavy (non-hydrogen) atoms. The van der Waals surface area contributed by atoms with Gasteiger partial charge in [-0.1, -0.05) is 13.8 Å². The molecule has 1 heterocycles. The Morgan fingerprint density at radius 3 is 2.40 bits per heavy atom. The van der Waals surface area contributed by atoms with Gasteiger partial charge in [-0.3, -0.25) is 4.79 Å². The lowest BCUT2D eigenvalue weighted by molar-refractivity contribution is -0.113. The molecule has 1 aliphatic heterocycles. The number of rotatable bonds is 1. The molecule has 56 valence electrons. The highest BCUT2D eigenvalue weighted by atomic mass is 32.2. The van der Waals surface area contributed by atoms with E-state index in [1.807, 2.05) is 6.92 Å². The van der Waals surface area contributed by atoms with Crippen LogP contribution in [0.25, 0.3) is 0 Å².